The van der Waals surface area contributed by atoms with Crippen molar-refractivity contribution in [1.82, 2.24) is 5.32 Å². The molecule has 0 aromatic rings. The molecule has 0 aliphatic carbocycles. The molecule has 0 aromatic carbocycles. The van der Waals surface area contributed by atoms with E-state index in [2.05, 4.69) is 26.1 Å². The van der Waals surface area contributed by atoms with Gasteiger partial charge < -0.3 is 10.1 Å². The fraction of sp³-hybridized carbons (Fsp3) is 0.974. The monoisotopic (exact) mass is 591 g/mol. The van der Waals surface area contributed by atoms with Gasteiger partial charge in [0, 0.05) is 25.2 Å². The molecule has 0 aromatic heterocycles. The van der Waals surface area contributed by atoms with E-state index >= 15 is 0 Å². The van der Waals surface area contributed by atoms with E-state index in [4.69, 9.17) is 9.73 Å². The molecule has 0 radical (unpaired) electrons. The van der Waals surface area contributed by atoms with Crippen LogP contribution in [0.3, 0.4) is 0 Å². The molecule has 0 saturated heterocycles. The summed E-state index contributed by atoms with van der Waals surface area (Å²) in [6, 6.07) is 0. The molecule has 0 fully saturated rings. The van der Waals surface area contributed by atoms with Crippen LogP contribution in [0.2, 0.25) is 0 Å². The quantitative estimate of drug-likeness (QED) is 0.0756. The van der Waals surface area contributed by atoms with E-state index in [1.807, 2.05) is 0 Å². The van der Waals surface area contributed by atoms with Crippen LogP contribution in [0.25, 0.3) is 0 Å². The number of nitrogens with zero attached hydrogens (tertiary/aromatic N) is 1. The minimum atomic E-state index is 0.170. The lowest BCUT2D eigenvalue weighted by molar-refractivity contribution is 0.107. The Morgan fingerprint density at radius 2 is 0.881 bits per heavy atom. The van der Waals surface area contributed by atoms with E-state index in [1.165, 1.54) is 192 Å². The largest absolute Gasteiger partial charge is 0.381 e. The molecule has 1 N–H and O–H groups in total. The highest BCUT2D eigenvalue weighted by Crippen LogP contribution is 2.31. The zero-order valence-electron chi connectivity index (χ0n) is 29.4. The maximum absolute atomic E-state index is 6.14. The Kier molecular flexibility index (Phi) is 28.6. The SMILES string of the molecule is CCCCCCCCCCCCCCCCOCCC(C)(CCCCCCCCCCCCCCCC)C1=NCCN1. The second kappa shape index (κ2) is 30.5. The Morgan fingerprint density at radius 1 is 0.500 bits per heavy atom. The van der Waals surface area contributed by atoms with Crippen LogP contribution in [0.4, 0.5) is 0 Å². The van der Waals surface area contributed by atoms with Crippen LogP contribution < -0.4 is 5.32 Å². The Labute approximate surface area is 265 Å². The first-order valence-electron chi connectivity index (χ1n) is 19.6. The number of hydrogen-bond acceptors (Lipinski definition) is 3. The number of rotatable bonds is 34. The molecule has 1 aliphatic heterocycles. The van der Waals surface area contributed by atoms with Gasteiger partial charge in [-0.2, -0.15) is 0 Å². The molecule has 0 saturated carbocycles. The minimum absolute atomic E-state index is 0.170. The highest BCUT2D eigenvalue weighted by Gasteiger charge is 2.31. The van der Waals surface area contributed by atoms with Gasteiger partial charge in [0.1, 0.15) is 5.84 Å². The molecule has 1 aliphatic rings. The topological polar surface area (TPSA) is 33.6 Å². The molecule has 0 amide bonds. The molecule has 1 rings (SSSR count). The lowest BCUT2D eigenvalue weighted by atomic mass is 9.80. The van der Waals surface area contributed by atoms with Crippen molar-refractivity contribution in [3.63, 3.8) is 0 Å². The summed E-state index contributed by atoms with van der Waals surface area (Å²) in [5, 5.41) is 3.60. The van der Waals surface area contributed by atoms with Gasteiger partial charge in [-0.05, 0) is 19.3 Å². The fourth-order valence-corrected chi connectivity index (χ4v) is 6.67. The van der Waals surface area contributed by atoms with E-state index in [0.717, 1.165) is 32.7 Å². The van der Waals surface area contributed by atoms with Crippen molar-refractivity contribution in [2.75, 3.05) is 26.3 Å². The van der Waals surface area contributed by atoms with E-state index in [-0.39, 0.29) is 5.41 Å². The van der Waals surface area contributed by atoms with Crippen LogP contribution in [-0.4, -0.2) is 32.1 Å². The summed E-state index contributed by atoms with van der Waals surface area (Å²) in [5.74, 6) is 1.26. The Bertz CT molecular complexity index is 577. The molecule has 0 bridgehead atoms. The number of ether oxygens (including phenoxy) is 1. The summed E-state index contributed by atoms with van der Waals surface area (Å²) >= 11 is 0. The zero-order valence-corrected chi connectivity index (χ0v) is 29.4. The van der Waals surface area contributed by atoms with Crippen molar-refractivity contribution < 1.29 is 4.74 Å². The van der Waals surface area contributed by atoms with Crippen molar-refractivity contribution >= 4 is 5.84 Å². The summed E-state index contributed by atoms with van der Waals surface area (Å²) < 4.78 is 6.14. The third kappa shape index (κ3) is 23.8. The summed E-state index contributed by atoms with van der Waals surface area (Å²) in [7, 11) is 0. The number of unbranched alkanes of at least 4 members (excludes halogenated alkanes) is 26. The number of hydrogen-bond donors (Lipinski definition) is 1. The van der Waals surface area contributed by atoms with Gasteiger partial charge in [-0.3, -0.25) is 4.99 Å². The van der Waals surface area contributed by atoms with E-state index in [0.29, 0.717) is 0 Å². The van der Waals surface area contributed by atoms with Crippen molar-refractivity contribution in [2.24, 2.45) is 10.4 Å². The lowest BCUT2D eigenvalue weighted by Crippen LogP contribution is -2.37. The number of aliphatic imine (C=N–C) groups is 1. The second-order valence-corrected chi connectivity index (χ2v) is 14.0. The first-order chi connectivity index (χ1) is 20.7. The summed E-state index contributed by atoms with van der Waals surface area (Å²) in [6.45, 7) is 10.8. The van der Waals surface area contributed by atoms with Gasteiger partial charge in [-0.15, -0.1) is 0 Å². The Morgan fingerprint density at radius 3 is 1.26 bits per heavy atom. The van der Waals surface area contributed by atoms with Crippen molar-refractivity contribution in [3.8, 4) is 0 Å². The predicted molar refractivity (Wildman–Crippen MR) is 189 cm³/mol. The van der Waals surface area contributed by atoms with E-state index < -0.39 is 0 Å². The average Bonchev–Trinajstić information content (AvgIpc) is 3.55. The van der Waals surface area contributed by atoms with Crippen LogP contribution in [0.15, 0.2) is 4.99 Å². The summed E-state index contributed by atoms with van der Waals surface area (Å²) in [4.78, 5) is 4.84. The number of amidine groups is 1. The van der Waals surface area contributed by atoms with E-state index in [1.54, 1.807) is 0 Å². The molecule has 0 spiro atoms. The molecule has 1 unspecified atom stereocenters. The molecular weight excluding hydrogens is 512 g/mol. The van der Waals surface area contributed by atoms with Crippen LogP contribution in [-0.2, 0) is 4.74 Å². The van der Waals surface area contributed by atoms with Crippen LogP contribution in [0, 0.1) is 5.41 Å². The smallest absolute Gasteiger partial charge is 0.102 e. The molecule has 1 heterocycles. The third-order valence-electron chi connectivity index (χ3n) is 9.77. The molecular formula is C39H78N2O. The average molecular weight is 591 g/mol. The third-order valence-corrected chi connectivity index (χ3v) is 9.77. The van der Waals surface area contributed by atoms with E-state index in [9.17, 15) is 0 Å². The second-order valence-electron chi connectivity index (χ2n) is 14.0. The summed E-state index contributed by atoms with van der Waals surface area (Å²) in [6.07, 6.45) is 42.1. The Hall–Kier alpha value is -0.570. The first-order valence-corrected chi connectivity index (χ1v) is 19.6. The van der Waals surface area contributed by atoms with Gasteiger partial charge in [-0.1, -0.05) is 194 Å². The zero-order chi connectivity index (χ0) is 30.2. The van der Waals surface area contributed by atoms with Crippen LogP contribution in [0.5, 0.6) is 0 Å². The normalized spacial score (nSPS) is 14.7. The highest BCUT2D eigenvalue weighted by atomic mass is 16.5. The van der Waals surface area contributed by atoms with Crippen LogP contribution in [0.1, 0.15) is 213 Å². The maximum Gasteiger partial charge on any atom is 0.102 e. The van der Waals surface area contributed by atoms with Crippen molar-refractivity contribution in [3.05, 3.63) is 0 Å². The first kappa shape index (κ1) is 39.5. The maximum atomic E-state index is 6.14. The van der Waals surface area contributed by atoms with Crippen molar-refractivity contribution in [1.29, 1.82) is 0 Å². The number of nitrogens with one attached hydrogen (secondary N) is 1. The van der Waals surface area contributed by atoms with Crippen LogP contribution >= 0.6 is 0 Å². The van der Waals surface area contributed by atoms with Gasteiger partial charge >= 0.3 is 0 Å². The molecule has 3 nitrogen and oxygen atoms in total. The van der Waals surface area contributed by atoms with Gasteiger partial charge in [0.25, 0.3) is 0 Å². The highest BCUT2D eigenvalue weighted by molar-refractivity contribution is 5.89. The molecule has 1 atom stereocenters. The van der Waals surface area contributed by atoms with Gasteiger partial charge in [-0.25, -0.2) is 0 Å². The standard InChI is InChI=1S/C39H78N2O/c1-4-6-8-10-12-14-16-18-20-22-24-26-28-30-32-39(3,38-40-34-35-41-38)33-37-42-36-31-29-27-25-23-21-19-17-15-13-11-9-7-5-2/h4-37H2,1-3H3,(H,40,41). The summed E-state index contributed by atoms with van der Waals surface area (Å²) in [5.41, 5.74) is 0.170. The van der Waals surface area contributed by atoms with Crippen molar-refractivity contribution in [2.45, 2.75) is 213 Å². The minimum Gasteiger partial charge on any atom is -0.381 e. The van der Waals surface area contributed by atoms with Gasteiger partial charge in [0.15, 0.2) is 0 Å². The van der Waals surface area contributed by atoms with Gasteiger partial charge in [0.2, 0.25) is 0 Å². The lowest BCUT2D eigenvalue weighted by Gasteiger charge is -2.30. The fourth-order valence-electron chi connectivity index (χ4n) is 6.67. The molecule has 3 heteroatoms. The molecule has 42 heavy (non-hydrogen) atoms. The Balaban J connectivity index is 1.97. The van der Waals surface area contributed by atoms with Gasteiger partial charge in [0.05, 0.1) is 6.54 Å². The molecule has 250 valence electrons. The predicted octanol–water partition coefficient (Wildman–Crippen LogP) is 12.8.